The second-order valence-electron chi connectivity index (χ2n) is 5.45. The molecule has 118 valence electrons. The van der Waals surface area contributed by atoms with Gasteiger partial charge >= 0.3 is 0 Å². The Balaban J connectivity index is 1.69. The molecule has 2 heterocycles. The summed E-state index contributed by atoms with van der Waals surface area (Å²) in [5, 5.41) is 3.84. The number of anilines is 1. The summed E-state index contributed by atoms with van der Waals surface area (Å²) in [4.78, 5) is 16.9. The van der Waals surface area contributed by atoms with Gasteiger partial charge in [-0.2, -0.15) is 0 Å². The van der Waals surface area contributed by atoms with Crippen LogP contribution in [0, 0.1) is 6.92 Å². The second-order valence-corrected chi connectivity index (χ2v) is 6.48. The monoisotopic (exact) mass is 334 g/mol. The number of rotatable bonds is 3. The molecule has 0 saturated carbocycles. The van der Waals surface area contributed by atoms with Crippen molar-refractivity contribution >= 4 is 33.1 Å². The molecule has 4 rings (SSSR count). The Bertz CT molecular complexity index is 986. The number of hydrogen-bond acceptors (Lipinski definition) is 4. The summed E-state index contributed by atoms with van der Waals surface area (Å²) in [7, 11) is 0. The standard InChI is InChI=1S/C19H14N2O2S/c1-12-8-9-13(19-21-14-5-2-3-7-17(14)24-19)11-15(12)20-18(22)16-6-4-10-23-16/h2-11H,1H3,(H,20,22). The van der Waals surface area contributed by atoms with Crippen molar-refractivity contribution in [2.75, 3.05) is 5.32 Å². The normalized spacial score (nSPS) is 10.9. The van der Waals surface area contributed by atoms with Gasteiger partial charge in [0.05, 0.1) is 16.5 Å². The Labute approximate surface area is 142 Å². The van der Waals surface area contributed by atoms with Gasteiger partial charge < -0.3 is 9.73 Å². The van der Waals surface area contributed by atoms with E-state index in [4.69, 9.17) is 4.42 Å². The minimum atomic E-state index is -0.260. The smallest absolute Gasteiger partial charge is 0.291 e. The van der Waals surface area contributed by atoms with Crippen molar-refractivity contribution in [2.45, 2.75) is 6.92 Å². The van der Waals surface area contributed by atoms with E-state index in [-0.39, 0.29) is 5.91 Å². The molecule has 0 fully saturated rings. The molecule has 0 unspecified atom stereocenters. The molecule has 0 radical (unpaired) electrons. The molecule has 1 N–H and O–H groups in total. The predicted molar refractivity (Wildman–Crippen MR) is 96.5 cm³/mol. The zero-order valence-electron chi connectivity index (χ0n) is 12.9. The largest absolute Gasteiger partial charge is 0.459 e. The van der Waals surface area contributed by atoms with E-state index in [2.05, 4.69) is 16.4 Å². The summed E-state index contributed by atoms with van der Waals surface area (Å²) in [6.45, 7) is 1.96. The lowest BCUT2D eigenvalue weighted by Crippen LogP contribution is -2.11. The minimum absolute atomic E-state index is 0.260. The molecule has 5 heteroatoms. The zero-order valence-corrected chi connectivity index (χ0v) is 13.8. The van der Waals surface area contributed by atoms with Crippen molar-refractivity contribution in [3.63, 3.8) is 0 Å². The van der Waals surface area contributed by atoms with Crippen LogP contribution in [0.25, 0.3) is 20.8 Å². The molecular weight excluding hydrogens is 320 g/mol. The van der Waals surface area contributed by atoms with E-state index in [1.807, 2.05) is 43.3 Å². The number of carbonyl (C=O) groups is 1. The van der Waals surface area contributed by atoms with Gasteiger partial charge in [0, 0.05) is 11.3 Å². The zero-order chi connectivity index (χ0) is 16.5. The molecule has 1 amide bonds. The predicted octanol–water partition coefficient (Wildman–Crippen LogP) is 5.12. The first-order valence-electron chi connectivity index (χ1n) is 7.52. The SMILES string of the molecule is Cc1ccc(-c2nc3ccccc3s2)cc1NC(=O)c1ccco1. The Morgan fingerprint density at radius 2 is 2.00 bits per heavy atom. The van der Waals surface area contributed by atoms with Crippen LogP contribution >= 0.6 is 11.3 Å². The highest BCUT2D eigenvalue weighted by atomic mass is 32.1. The van der Waals surface area contributed by atoms with E-state index in [0.717, 1.165) is 32.0 Å². The summed E-state index contributed by atoms with van der Waals surface area (Å²) in [5.41, 5.74) is 3.71. The third-order valence-corrected chi connectivity index (χ3v) is 4.86. The first kappa shape index (κ1) is 14.7. The van der Waals surface area contributed by atoms with Crippen LogP contribution in [0.1, 0.15) is 16.1 Å². The molecular formula is C19H14N2O2S. The van der Waals surface area contributed by atoms with Gasteiger partial charge in [-0.1, -0.05) is 24.3 Å². The van der Waals surface area contributed by atoms with Crippen LogP contribution < -0.4 is 5.32 Å². The van der Waals surface area contributed by atoms with Gasteiger partial charge in [0.2, 0.25) is 0 Å². The molecule has 0 aliphatic carbocycles. The number of fused-ring (bicyclic) bond motifs is 1. The van der Waals surface area contributed by atoms with Crippen LogP contribution in [0.2, 0.25) is 0 Å². The van der Waals surface area contributed by atoms with Gasteiger partial charge in [0.25, 0.3) is 5.91 Å². The maximum Gasteiger partial charge on any atom is 0.291 e. The fourth-order valence-corrected chi connectivity index (χ4v) is 3.44. The van der Waals surface area contributed by atoms with E-state index in [0.29, 0.717) is 5.76 Å². The lowest BCUT2D eigenvalue weighted by Gasteiger charge is -2.08. The molecule has 0 atom stereocenters. The lowest BCUT2D eigenvalue weighted by atomic mass is 10.1. The van der Waals surface area contributed by atoms with E-state index in [9.17, 15) is 4.79 Å². The van der Waals surface area contributed by atoms with Crippen LogP contribution in [0.5, 0.6) is 0 Å². The van der Waals surface area contributed by atoms with Crippen molar-refractivity contribution in [1.29, 1.82) is 0 Å². The molecule has 24 heavy (non-hydrogen) atoms. The molecule has 2 aromatic carbocycles. The van der Waals surface area contributed by atoms with Crippen LogP contribution in [0.4, 0.5) is 5.69 Å². The number of furan rings is 1. The highest BCUT2D eigenvalue weighted by Crippen LogP contribution is 2.32. The van der Waals surface area contributed by atoms with Gasteiger partial charge in [-0.15, -0.1) is 11.3 Å². The maximum absolute atomic E-state index is 12.2. The van der Waals surface area contributed by atoms with Gasteiger partial charge in [-0.3, -0.25) is 4.79 Å². The highest BCUT2D eigenvalue weighted by molar-refractivity contribution is 7.21. The Morgan fingerprint density at radius 3 is 2.79 bits per heavy atom. The topological polar surface area (TPSA) is 55.1 Å². The van der Waals surface area contributed by atoms with E-state index >= 15 is 0 Å². The van der Waals surface area contributed by atoms with Crippen molar-refractivity contribution in [3.8, 4) is 10.6 Å². The number of thiazole rings is 1. The van der Waals surface area contributed by atoms with Crippen molar-refractivity contribution in [1.82, 2.24) is 4.98 Å². The molecule has 4 aromatic rings. The van der Waals surface area contributed by atoms with Gasteiger partial charge in [-0.25, -0.2) is 4.98 Å². The third-order valence-electron chi connectivity index (χ3n) is 3.77. The lowest BCUT2D eigenvalue weighted by molar-refractivity contribution is 0.0996. The molecule has 0 aliphatic rings. The van der Waals surface area contributed by atoms with Gasteiger partial charge in [0.1, 0.15) is 5.01 Å². The fourth-order valence-electron chi connectivity index (χ4n) is 2.48. The number of aryl methyl sites for hydroxylation is 1. The summed E-state index contributed by atoms with van der Waals surface area (Å²) >= 11 is 1.64. The number of para-hydroxylation sites is 1. The van der Waals surface area contributed by atoms with Gasteiger partial charge in [0.15, 0.2) is 5.76 Å². The quantitative estimate of drug-likeness (QED) is 0.566. The summed E-state index contributed by atoms with van der Waals surface area (Å²) in [5.74, 6) is 0.0318. The summed E-state index contributed by atoms with van der Waals surface area (Å²) < 4.78 is 6.29. The fraction of sp³-hybridized carbons (Fsp3) is 0.0526. The highest BCUT2D eigenvalue weighted by Gasteiger charge is 2.12. The van der Waals surface area contributed by atoms with Crippen LogP contribution in [0.3, 0.4) is 0 Å². The number of nitrogens with zero attached hydrogens (tertiary/aromatic N) is 1. The Morgan fingerprint density at radius 1 is 1.12 bits per heavy atom. The van der Waals surface area contributed by atoms with Crippen LogP contribution in [-0.4, -0.2) is 10.9 Å². The average molecular weight is 334 g/mol. The van der Waals surface area contributed by atoms with Gasteiger partial charge in [-0.05, 0) is 42.8 Å². The van der Waals surface area contributed by atoms with Crippen LogP contribution in [-0.2, 0) is 0 Å². The minimum Gasteiger partial charge on any atom is -0.459 e. The molecule has 0 bridgehead atoms. The molecule has 2 aromatic heterocycles. The third kappa shape index (κ3) is 2.70. The van der Waals surface area contributed by atoms with E-state index in [1.54, 1.807) is 23.5 Å². The summed E-state index contributed by atoms with van der Waals surface area (Å²) in [6.07, 6.45) is 1.49. The maximum atomic E-state index is 12.2. The van der Waals surface area contributed by atoms with Crippen LogP contribution in [0.15, 0.2) is 65.3 Å². The first-order valence-corrected chi connectivity index (χ1v) is 8.34. The molecule has 0 spiro atoms. The van der Waals surface area contributed by atoms with Crippen molar-refractivity contribution in [3.05, 3.63) is 72.2 Å². The van der Waals surface area contributed by atoms with Crippen molar-refractivity contribution < 1.29 is 9.21 Å². The molecule has 0 saturated heterocycles. The van der Waals surface area contributed by atoms with Crippen molar-refractivity contribution in [2.24, 2.45) is 0 Å². The Kier molecular flexibility index (Phi) is 3.63. The number of benzene rings is 2. The van der Waals surface area contributed by atoms with E-state index < -0.39 is 0 Å². The number of carbonyl (C=O) groups excluding carboxylic acids is 1. The molecule has 4 nitrogen and oxygen atoms in total. The first-order chi connectivity index (χ1) is 11.7. The second kappa shape index (κ2) is 5.94. The molecule has 0 aliphatic heterocycles. The summed E-state index contributed by atoms with van der Waals surface area (Å²) in [6, 6.07) is 17.3. The number of aromatic nitrogens is 1. The average Bonchev–Trinajstić information content (AvgIpc) is 3.26. The Hall–Kier alpha value is -2.92. The van der Waals surface area contributed by atoms with E-state index in [1.165, 1.54) is 6.26 Å². The number of nitrogens with one attached hydrogen (secondary N) is 1. The number of amides is 1. The number of hydrogen-bond donors (Lipinski definition) is 1.